The highest BCUT2D eigenvalue weighted by Crippen LogP contribution is 2.32. The van der Waals surface area contributed by atoms with Gasteiger partial charge in [-0.25, -0.2) is 13.6 Å². The number of nitrogens with zero attached hydrogens (tertiary/aromatic N) is 2. The van der Waals surface area contributed by atoms with Crippen molar-refractivity contribution in [2.45, 2.75) is 12.7 Å². The zero-order valence-electron chi connectivity index (χ0n) is 17.5. The maximum atomic E-state index is 14.1. The van der Waals surface area contributed by atoms with Gasteiger partial charge in [-0.05, 0) is 54.1 Å². The number of alkyl halides is 3. The quantitative estimate of drug-likeness (QED) is 0.368. The van der Waals surface area contributed by atoms with Gasteiger partial charge >= 0.3 is 11.9 Å². The number of hydrogen-bond donors (Lipinski definition) is 2. The van der Waals surface area contributed by atoms with Crippen molar-refractivity contribution in [3.05, 3.63) is 104 Å². The number of hydrogen-bond acceptors (Lipinski definition) is 3. The summed E-state index contributed by atoms with van der Waals surface area (Å²) >= 11 is 6.01. The first-order valence-electron chi connectivity index (χ1n) is 9.92. The van der Waals surface area contributed by atoms with Crippen LogP contribution in [0, 0.1) is 11.6 Å². The second-order valence-electron chi connectivity index (χ2n) is 7.32. The van der Waals surface area contributed by atoms with Crippen LogP contribution < -0.4 is 11.0 Å². The Balaban J connectivity index is 1.52. The molecule has 180 valence electrons. The van der Waals surface area contributed by atoms with Crippen LogP contribution in [0.3, 0.4) is 0 Å². The third kappa shape index (κ3) is 5.09. The fourth-order valence-corrected chi connectivity index (χ4v) is 3.59. The molecule has 0 radical (unpaired) electrons. The molecule has 1 aromatic heterocycles. The maximum absolute atomic E-state index is 14.1. The molecule has 0 saturated carbocycles. The van der Waals surface area contributed by atoms with Gasteiger partial charge in [0.25, 0.3) is 5.91 Å². The van der Waals surface area contributed by atoms with Crippen molar-refractivity contribution in [3.8, 4) is 17.1 Å². The minimum absolute atomic E-state index is 0.0488. The van der Waals surface area contributed by atoms with Crippen molar-refractivity contribution in [2.24, 2.45) is 0 Å². The van der Waals surface area contributed by atoms with Gasteiger partial charge in [0.15, 0.2) is 5.82 Å². The SMILES string of the molecule is O=C(NCc1ccc(F)cc1C(F)(F)F)c1ccc(-n2nc(-c3c(F)cccc3Cl)[nH]c2=O)cc1. The molecule has 0 bridgehead atoms. The number of aromatic nitrogens is 3. The molecule has 1 amide bonds. The standard InChI is InChI=1S/C23H14ClF5N4O2/c24-17-2-1-3-18(26)19(17)20-31-22(35)33(32-20)15-8-5-12(6-9-15)21(34)30-11-13-4-7-14(25)10-16(13)23(27,28)29/h1-10H,11H2,(H,30,34)(H,31,32,35). The number of carbonyl (C=O) groups is 1. The predicted molar refractivity (Wildman–Crippen MR) is 117 cm³/mol. The van der Waals surface area contributed by atoms with Gasteiger partial charge in [0.05, 0.1) is 21.8 Å². The zero-order valence-corrected chi connectivity index (χ0v) is 18.2. The van der Waals surface area contributed by atoms with Crippen LogP contribution in [0.15, 0.2) is 65.5 Å². The molecule has 12 heteroatoms. The molecule has 0 atom stereocenters. The van der Waals surface area contributed by atoms with Gasteiger partial charge in [-0.2, -0.15) is 17.9 Å². The normalized spacial score (nSPS) is 11.5. The van der Waals surface area contributed by atoms with Crippen LogP contribution in [0.2, 0.25) is 5.02 Å². The molecule has 0 spiro atoms. The molecule has 1 heterocycles. The van der Waals surface area contributed by atoms with E-state index in [1.807, 2.05) is 0 Å². The minimum atomic E-state index is -4.79. The second-order valence-corrected chi connectivity index (χ2v) is 7.72. The van der Waals surface area contributed by atoms with E-state index in [-0.39, 0.29) is 33.2 Å². The van der Waals surface area contributed by atoms with Gasteiger partial charge in [-0.15, -0.1) is 5.10 Å². The molecule has 4 rings (SSSR count). The Morgan fingerprint density at radius 2 is 1.77 bits per heavy atom. The van der Waals surface area contributed by atoms with Crippen LogP contribution in [0.4, 0.5) is 22.0 Å². The Morgan fingerprint density at radius 3 is 2.43 bits per heavy atom. The van der Waals surface area contributed by atoms with E-state index < -0.39 is 41.5 Å². The third-order valence-corrected chi connectivity index (χ3v) is 5.32. The first-order valence-corrected chi connectivity index (χ1v) is 10.3. The summed E-state index contributed by atoms with van der Waals surface area (Å²) in [6, 6.07) is 11.6. The molecule has 2 N–H and O–H groups in total. The lowest BCUT2D eigenvalue weighted by atomic mass is 10.1. The molecule has 0 saturated heterocycles. The first kappa shape index (κ1) is 24.1. The fourth-order valence-electron chi connectivity index (χ4n) is 3.33. The van der Waals surface area contributed by atoms with Crippen LogP contribution in [0.5, 0.6) is 0 Å². The van der Waals surface area contributed by atoms with Crippen molar-refractivity contribution in [3.63, 3.8) is 0 Å². The summed E-state index contributed by atoms with van der Waals surface area (Å²) in [6.45, 7) is -0.485. The predicted octanol–water partition coefficient (Wildman–Crippen LogP) is 5.11. The Hall–Kier alpha value is -3.99. The van der Waals surface area contributed by atoms with Crippen LogP contribution in [0.25, 0.3) is 17.1 Å². The molecule has 4 aromatic rings. The van der Waals surface area contributed by atoms with Crippen LogP contribution >= 0.6 is 11.6 Å². The lowest BCUT2D eigenvalue weighted by molar-refractivity contribution is -0.138. The molecule has 6 nitrogen and oxygen atoms in total. The van der Waals surface area contributed by atoms with E-state index in [1.54, 1.807) is 0 Å². The van der Waals surface area contributed by atoms with Crippen LogP contribution in [-0.2, 0) is 12.7 Å². The third-order valence-electron chi connectivity index (χ3n) is 5.01. The molecular weight excluding hydrogens is 495 g/mol. The molecule has 0 aliphatic rings. The Morgan fingerprint density at radius 1 is 1.06 bits per heavy atom. The number of amides is 1. The van der Waals surface area contributed by atoms with Gasteiger partial charge in [-0.3, -0.25) is 9.78 Å². The number of H-pyrrole nitrogens is 1. The fraction of sp³-hybridized carbons (Fsp3) is 0.0870. The highest BCUT2D eigenvalue weighted by atomic mass is 35.5. The highest BCUT2D eigenvalue weighted by Gasteiger charge is 2.33. The van der Waals surface area contributed by atoms with E-state index in [2.05, 4.69) is 15.4 Å². The van der Waals surface area contributed by atoms with Crippen LogP contribution in [0.1, 0.15) is 21.5 Å². The Labute approximate surface area is 199 Å². The van der Waals surface area contributed by atoms with Crippen LogP contribution in [-0.4, -0.2) is 20.7 Å². The van der Waals surface area contributed by atoms with Gasteiger partial charge in [0.1, 0.15) is 11.6 Å². The summed E-state index contributed by atoms with van der Waals surface area (Å²) in [4.78, 5) is 27.2. The second kappa shape index (κ2) is 9.34. The highest BCUT2D eigenvalue weighted by molar-refractivity contribution is 6.33. The molecule has 0 aliphatic heterocycles. The Bertz CT molecular complexity index is 1440. The Kier molecular flexibility index (Phi) is 6.44. The molecule has 0 unspecified atom stereocenters. The molecule has 0 aliphatic carbocycles. The van der Waals surface area contributed by atoms with Gasteiger partial charge in [0, 0.05) is 12.1 Å². The summed E-state index contributed by atoms with van der Waals surface area (Å²) in [7, 11) is 0. The largest absolute Gasteiger partial charge is 0.416 e. The van der Waals surface area contributed by atoms with Gasteiger partial charge < -0.3 is 5.32 Å². The maximum Gasteiger partial charge on any atom is 0.416 e. The topological polar surface area (TPSA) is 79.8 Å². The van der Waals surface area contributed by atoms with Crippen molar-refractivity contribution in [2.75, 3.05) is 0 Å². The van der Waals surface area contributed by atoms with E-state index in [0.717, 1.165) is 22.9 Å². The van der Waals surface area contributed by atoms with Gasteiger partial charge in [-0.1, -0.05) is 23.7 Å². The summed E-state index contributed by atoms with van der Waals surface area (Å²) in [5.41, 5.74) is -1.93. The average Bonchev–Trinajstić information content (AvgIpc) is 3.18. The number of benzene rings is 3. The number of carbonyl (C=O) groups excluding carboxylic acids is 1. The lowest BCUT2D eigenvalue weighted by Gasteiger charge is -2.13. The summed E-state index contributed by atoms with van der Waals surface area (Å²) in [5.74, 6) is -2.51. The summed E-state index contributed by atoms with van der Waals surface area (Å²) in [5, 5.41) is 6.45. The van der Waals surface area contributed by atoms with E-state index in [1.165, 1.54) is 36.4 Å². The number of nitrogens with one attached hydrogen (secondary N) is 2. The number of aromatic amines is 1. The molecular formula is C23H14ClF5N4O2. The van der Waals surface area contributed by atoms with E-state index >= 15 is 0 Å². The van der Waals surface area contributed by atoms with Crippen molar-refractivity contribution in [1.82, 2.24) is 20.1 Å². The minimum Gasteiger partial charge on any atom is -0.348 e. The van der Waals surface area contributed by atoms with E-state index in [0.29, 0.717) is 6.07 Å². The summed E-state index contributed by atoms with van der Waals surface area (Å²) < 4.78 is 67.7. The molecule has 0 fully saturated rings. The lowest BCUT2D eigenvalue weighted by Crippen LogP contribution is -2.24. The zero-order chi connectivity index (χ0) is 25.3. The van der Waals surface area contributed by atoms with Crippen molar-refractivity contribution >= 4 is 17.5 Å². The van der Waals surface area contributed by atoms with Crippen molar-refractivity contribution < 1.29 is 26.7 Å². The van der Waals surface area contributed by atoms with Crippen molar-refractivity contribution in [1.29, 1.82) is 0 Å². The van der Waals surface area contributed by atoms with E-state index in [4.69, 9.17) is 11.6 Å². The smallest absolute Gasteiger partial charge is 0.348 e. The first-order chi connectivity index (χ1) is 16.5. The molecule has 35 heavy (non-hydrogen) atoms. The monoisotopic (exact) mass is 508 g/mol. The summed E-state index contributed by atoms with van der Waals surface area (Å²) in [6.07, 6.45) is -4.79. The van der Waals surface area contributed by atoms with E-state index in [9.17, 15) is 31.5 Å². The number of rotatable bonds is 5. The number of halogens is 6. The molecule has 3 aromatic carbocycles. The average molecular weight is 509 g/mol. The van der Waals surface area contributed by atoms with Gasteiger partial charge in [0.2, 0.25) is 0 Å².